The van der Waals surface area contributed by atoms with Crippen molar-refractivity contribution in [1.82, 2.24) is 25.1 Å². The molecule has 1 fully saturated rings. The molecule has 34 heavy (non-hydrogen) atoms. The Bertz CT molecular complexity index is 1230. The van der Waals surface area contributed by atoms with E-state index >= 15 is 0 Å². The van der Waals surface area contributed by atoms with Crippen LogP contribution in [0.5, 0.6) is 5.75 Å². The topological polar surface area (TPSA) is 82.4 Å². The molecule has 3 aromatic rings. The molecule has 1 aromatic heterocycles. The second-order valence-electron chi connectivity index (χ2n) is 9.87. The van der Waals surface area contributed by atoms with Gasteiger partial charge >= 0.3 is 6.09 Å². The van der Waals surface area contributed by atoms with Gasteiger partial charge in [0.15, 0.2) is 0 Å². The summed E-state index contributed by atoms with van der Waals surface area (Å²) < 4.78 is 12.1. The predicted molar refractivity (Wildman–Crippen MR) is 128 cm³/mol. The highest BCUT2D eigenvalue weighted by Crippen LogP contribution is 2.43. The average molecular weight is 460 g/mol. The van der Waals surface area contributed by atoms with Crippen LogP contribution in [0.1, 0.15) is 44.7 Å². The van der Waals surface area contributed by atoms with Crippen molar-refractivity contribution in [3.8, 4) is 17.1 Å². The number of hydrogen-bond donors (Lipinski definition) is 0. The van der Waals surface area contributed by atoms with Crippen molar-refractivity contribution in [2.45, 2.75) is 44.8 Å². The third-order valence-corrected chi connectivity index (χ3v) is 6.12. The number of aromatic nitrogens is 4. The summed E-state index contributed by atoms with van der Waals surface area (Å²) in [5, 5.41) is 12.3. The first-order chi connectivity index (χ1) is 16.2. The van der Waals surface area contributed by atoms with Gasteiger partial charge < -0.3 is 14.4 Å². The molecule has 2 aliphatic rings. The molecule has 1 saturated heterocycles. The zero-order valence-corrected chi connectivity index (χ0v) is 20.0. The summed E-state index contributed by atoms with van der Waals surface area (Å²) in [6.45, 7) is 6.82. The number of nitrogens with zero attached hydrogens (tertiary/aromatic N) is 5. The normalized spacial score (nSPS) is 17.1. The standard InChI is InChI=1S/C26H29N5O3/c1-25(2,3)34-24(32)31-15-13-26(14-16-31)17-21(20-7-5-6-8-22(20)33-26)18-9-11-19(12-10-18)23-27-29-30(4)28-23/h5-12,17H,13-16H2,1-4H3. The Labute approximate surface area is 199 Å². The Morgan fingerprint density at radius 3 is 2.35 bits per heavy atom. The van der Waals surface area contributed by atoms with E-state index in [1.165, 1.54) is 4.80 Å². The van der Waals surface area contributed by atoms with Crippen LogP contribution in [0.15, 0.2) is 54.6 Å². The molecule has 5 rings (SSSR count). The second kappa shape index (κ2) is 8.27. The fraction of sp³-hybridized carbons (Fsp3) is 0.385. The lowest BCUT2D eigenvalue weighted by molar-refractivity contribution is -0.00115. The molecule has 0 saturated carbocycles. The van der Waals surface area contributed by atoms with Gasteiger partial charge in [0, 0.05) is 37.1 Å². The maximum absolute atomic E-state index is 12.6. The fourth-order valence-corrected chi connectivity index (χ4v) is 4.45. The molecular formula is C26H29N5O3. The van der Waals surface area contributed by atoms with Gasteiger partial charge in [-0.3, -0.25) is 0 Å². The van der Waals surface area contributed by atoms with Crippen LogP contribution in [0.4, 0.5) is 4.79 Å². The monoisotopic (exact) mass is 459 g/mol. The van der Waals surface area contributed by atoms with Crippen molar-refractivity contribution >= 4 is 11.7 Å². The third kappa shape index (κ3) is 4.40. The minimum absolute atomic E-state index is 0.268. The van der Waals surface area contributed by atoms with Gasteiger partial charge in [0.1, 0.15) is 17.0 Å². The Kier molecular flexibility index (Phi) is 5.38. The molecule has 1 amide bonds. The maximum atomic E-state index is 12.6. The predicted octanol–water partition coefficient (Wildman–Crippen LogP) is 4.47. The second-order valence-corrected chi connectivity index (χ2v) is 9.87. The van der Waals surface area contributed by atoms with Gasteiger partial charge in [-0.15, -0.1) is 10.2 Å². The van der Waals surface area contributed by atoms with E-state index in [-0.39, 0.29) is 6.09 Å². The molecule has 1 spiro atoms. The highest BCUT2D eigenvalue weighted by molar-refractivity contribution is 5.85. The van der Waals surface area contributed by atoms with E-state index in [4.69, 9.17) is 9.47 Å². The van der Waals surface area contributed by atoms with Gasteiger partial charge in [-0.2, -0.15) is 4.80 Å². The lowest BCUT2D eigenvalue weighted by Gasteiger charge is -2.43. The van der Waals surface area contributed by atoms with Crippen LogP contribution < -0.4 is 4.74 Å². The van der Waals surface area contributed by atoms with Crippen molar-refractivity contribution in [3.05, 3.63) is 65.7 Å². The van der Waals surface area contributed by atoms with E-state index in [0.717, 1.165) is 28.0 Å². The minimum Gasteiger partial charge on any atom is -0.482 e. The van der Waals surface area contributed by atoms with E-state index in [1.54, 1.807) is 11.9 Å². The lowest BCUT2D eigenvalue weighted by atomic mass is 9.83. The molecular weight excluding hydrogens is 430 g/mol. The van der Waals surface area contributed by atoms with Gasteiger partial charge in [0.25, 0.3) is 0 Å². The quantitative estimate of drug-likeness (QED) is 0.562. The SMILES string of the molecule is Cn1nnc(-c2ccc(C3=CC4(CCN(C(=O)OC(C)(C)C)CC4)Oc4ccccc43)cc2)n1. The molecule has 0 atom stereocenters. The van der Waals surface area contributed by atoms with E-state index in [0.29, 0.717) is 31.8 Å². The molecule has 8 heteroatoms. The number of rotatable bonds is 2. The van der Waals surface area contributed by atoms with Crippen molar-refractivity contribution in [3.63, 3.8) is 0 Å². The molecule has 8 nitrogen and oxygen atoms in total. The number of carbonyl (C=O) groups is 1. The van der Waals surface area contributed by atoms with E-state index in [1.807, 2.05) is 51.1 Å². The summed E-state index contributed by atoms with van der Waals surface area (Å²) in [6.07, 6.45) is 3.37. The van der Waals surface area contributed by atoms with Gasteiger partial charge in [-0.25, -0.2) is 4.79 Å². The van der Waals surface area contributed by atoms with Gasteiger partial charge in [-0.1, -0.05) is 42.5 Å². The smallest absolute Gasteiger partial charge is 0.410 e. The van der Waals surface area contributed by atoms with Crippen LogP contribution >= 0.6 is 0 Å². The zero-order valence-electron chi connectivity index (χ0n) is 20.0. The minimum atomic E-state index is -0.507. The van der Waals surface area contributed by atoms with Gasteiger partial charge in [-0.05, 0) is 49.3 Å². The van der Waals surface area contributed by atoms with Crippen LogP contribution in [-0.2, 0) is 11.8 Å². The number of tetrazole rings is 1. The third-order valence-electron chi connectivity index (χ3n) is 6.12. The number of fused-ring (bicyclic) bond motifs is 1. The summed E-state index contributed by atoms with van der Waals surface area (Å²) in [6, 6.07) is 16.3. The van der Waals surface area contributed by atoms with E-state index in [2.05, 4.69) is 39.7 Å². The largest absolute Gasteiger partial charge is 0.482 e. The first kappa shape index (κ1) is 22.1. The van der Waals surface area contributed by atoms with Crippen molar-refractivity contribution in [1.29, 1.82) is 0 Å². The highest BCUT2D eigenvalue weighted by atomic mass is 16.6. The van der Waals surface area contributed by atoms with Crippen LogP contribution in [0.2, 0.25) is 0 Å². The molecule has 2 aromatic carbocycles. The maximum Gasteiger partial charge on any atom is 0.410 e. The van der Waals surface area contributed by atoms with Crippen LogP contribution in [0, 0.1) is 0 Å². The first-order valence-electron chi connectivity index (χ1n) is 11.6. The number of piperidine rings is 1. The van der Waals surface area contributed by atoms with Crippen LogP contribution in [0.25, 0.3) is 17.0 Å². The summed E-state index contributed by atoms with van der Waals surface area (Å²) in [5.41, 5.74) is 3.23. The number of likely N-dealkylation sites (tertiary alicyclic amines) is 1. The number of hydrogen-bond acceptors (Lipinski definition) is 6. The average Bonchev–Trinajstić information content (AvgIpc) is 3.24. The molecule has 0 unspecified atom stereocenters. The fourth-order valence-electron chi connectivity index (χ4n) is 4.45. The molecule has 3 heterocycles. The Morgan fingerprint density at radius 1 is 1.03 bits per heavy atom. The lowest BCUT2D eigenvalue weighted by Crippen LogP contribution is -2.50. The number of ether oxygens (including phenoxy) is 2. The number of amides is 1. The molecule has 0 N–H and O–H groups in total. The number of benzene rings is 2. The summed E-state index contributed by atoms with van der Waals surface area (Å²) in [7, 11) is 1.75. The van der Waals surface area contributed by atoms with E-state index in [9.17, 15) is 4.79 Å². The van der Waals surface area contributed by atoms with Crippen molar-refractivity contribution in [2.24, 2.45) is 7.05 Å². The number of aryl methyl sites for hydroxylation is 1. The Morgan fingerprint density at radius 2 is 1.71 bits per heavy atom. The molecule has 0 bridgehead atoms. The van der Waals surface area contributed by atoms with Gasteiger partial charge in [0.2, 0.25) is 5.82 Å². The summed E-state index contributed by atoms with van der Waals surface area (Å²) >= 11 is 0. The van der Waals surface area contributed by atoms with Crippen LogP contribution in [-0.4, -0.2) is 55.5 Å². The van der Waals surface area contributed by atoms with Crippen molar-refractivity contribution in [2.75, 3.05) is 13.1 Å². The van der Waals surface area contributed by atoms with E-state index < -0.39 is 11.2 Å². The molecule has 0 aliphatic carbocycles. The molecule has 0 radical (unpaired) electrons. The molecule has 2 aliphatic heterocycles. The van der Waals surface area contributed by atoms with Crippen molar-refractivity contribution < 1.29 is 14.3 Å². The zero-order chi connectivity index (χ0) is 23.9. The Balaban J connectivity index is 1.42. The first-order valence-corrected chi connectivity index (χ1v) is 11.6. The summed E-state index contributed by atoms with van der Waals surface area (Å²) in [5.74, 6) is 1.46. The highest BCUT2D eigenvalue weighted by Gasteiger charge is 2.40. The number of para-hydroxylation sites is 1. The van der Waals surface area contributed by atoms with Gasteiger partial charge in [0.05, 0.1) is 7.05 Å². The summed E-state index contributed by atoms with van der Waals surface area (Å²) in [4.78, 5) is 15.8. The Hall–Kier alpha value is -3.68. The molecule has 176 valence electrons. The van der Waals surface area contributed by atoms with Crippen LogP contribution in [0.3, 0.4) is 0 Å². The number of carbonyl (C=O) groups excluding carboxylic acids is 1.